The Hall–Kier alpha value is -1.90. The first-order valence-corrected chi connectivity index (χ1v) is 11.9. The summed E-state index contributed by atoms with van der Waals surface area (Å²) in [6, 6.07) is 10.9. The van der Waals surface area contributed by atoms with Crippen LogP contribution in [0, 0.1) is 6.92 Å². The number of hydrogen-bond acceptors (Lipinski definition) is 4. The molecule has 0 saturated heterocycles. The van der Waals surface area contributed by atoms with Crippen molar-refractivity contribution in [2.45, 2.75) is 32.1 Å². The van der Waals surface area contributed by atoms with Gasteiger partial charge in [0.2, 0.25) is 15.9 Å². The molecule has 29 heavy (non-hydrogen) atoms. The normalized spacial score (nSPS) is 13.6. The third-order valence-electron chi connectivity index (χ3n) is 5.18. The maximum atomic E-state index is 12.8. The Labute approximate surface area is 181 Å². The molecule has 0 saturated carbocycles. The highest BCUT2D eigenvalue weighted by Crippen LogP contribution is 2.31. The first kappa shape index (κ1) is 21.8. The van der Waals surface area contributed by atoms with Gasteiger partial charge < -0.3 is 10.2 Å². The Morgan fingerprint density at radius 3 is 2.55 bits per heavy atom. The number of anilines is 2. The molecular formula is C21H26BrN3O3S. The molecule has 6 nitrogen and oxygen atoms in total. The van der Waals surface area contributed by atoms with Crippen LogP contribution in [0.5, 0.6) is 0 Å². The predicted molar refractivity (Wildman–Crippen MR) is 120 cm³/mol. The van der Waals surface area contributed by atoms with Gasteiger partial charge in [-0.3, -0.25) is 4.79 Å². The highest BCUT2D eigenvalue weighted by Gasteiger charge is 2.26. The molecule has 3 rings (SSSR count). The summed E-state index contributed by atoms with van der Waals surface area (Å²) < 4.78 is 27.9. The summed E-state index contributed by atoms with van der Waals surface area (Å²) in [5.41, 5.74) is 3.66. The van der Waals surface area contributed by atoms with Crippen molar-refractivity contribution < 1.29 is 13.2 Å². The van der Waals surface area contributed by atoms with Gasteiger partial charge in [-0.25, -0.2) is 8.42 Å². The van der Waals surface area contributed by atoms with Crippen LogP contribution in [0.4, 0.5) is 11.4 Å². The summed E-state index contributed by atoms with van der Waals surface area (Å²) in [4.78, 5) is 14.9. The van der Waals surface area contributed by atoms with E-state index in [2.05, 4.69) is 21.2 Å². The van der Waals surface area contributed by atoms with Crippen LogP contribution in [0.2, 0.25) is 0 Å². The quantitative estimate of drug-likeness (QED) is 0.655. The van der Waals surface area contributed by atoms with Gasteiger partial charge in [0.1, 0.15) is 0 Å². The second-order valence-electron chi connectivity index (χ2n) is 7.06. The molecule has 1 aliphatic rings. The number of rotatable bonds is 7. The largest absolute Gasteiger partial charge is 0.362 e. The Morgan fingerprint density at radius 2 is 1.90 bits per heavy atom. The minimum Gasteiger partial charge on any atom is -0.362 e. The van der Waals surface area contributed by atoms with Crippen LogP contribution in [0.25, 0.3) is 0 Å². The molecule has 1 amide bonds. The first-order valence-electron chi connectivity index (χ1n) is 9.70. The lowest BCUT2D eigenvalue weighted by Crippen LogP contribution is -2.32. The van der Waals surface area contributed by atoms with Gasteiger partial charge in [-0.1, -0.05) is 29.8 Å². The number of nitrogens with zero attached hydrogens (tertiary/aromatic N) is 2. The molecule has 0 spiro atoms. The zero-order chi connectivity index (χ0) is 21.2. The summed E-state index contributed by atoms with van der Waals surface area (Å²) in [5.74, 6) is -0.0943. The number of halogens is 1. The smallest absolute Gasteiger partial charge is 0.243 e. The number of carbonyl (C=O) groups excluding carboxylic acids is 1. The number of nitrogens with one attached hydrogen (secondary N) is 1. The van der Waals surface area contributed by atoms with Crippen LogP contribution >= 0.6 is 15.9 Å². The Bertz CT molecular complexity index is 1020. The number of benzene rings is 2. The van der Waals surface area contributed by atoms with Gasteiger partial charge in [0.05, 0.1) is 11.4 Å². The maximum Gasteiger partial charge on any atom is 0.243 e. The Balaban J connectivity index is 1.74. The van der Waals surface area contributed by atoms with Gasteiger partial charge in [0.15, 0.2) is 0 Å². The van der Waals surface area contributed by atoms with Crippen molar-refractivity contribution in [1.82, 2.24) is 4.31 Å². The third-order valence-corrected chi connectivity index (χ3v) is 7.72. The monoisotopic (exact) mass is 479 g/mol. The first-order chi connectivity index (χ1) is 13.8. The van der Waals surface area contributed by atoms with Crippen LogP contribution in [-0.2, 0) is 21.2 Å². The van der Waals surface area contributed by atoms with Crippen LogP contribution in [0.1, 0.15) is 25.0 Å². The lowest BCUT2D eigenvalue weighted by Gasteiger charge is -2.21. The average molecular weight is 480 g/mol. The molecule has 8 heteroatoms. The summed E-state index contributed by atoms with van der Waals surface area (Å²) in [6.07, 6.45) is 0.724. The van der Waals surface area contributed by atoms with Crippen LogP contribution in [-0.4, -0.2) is 44.8 Å². The zero-order valence-corrected chi connectivity index (χ0v) is 19.3. The molecule has 2 aromatic rings. The predicted octanol–water partition coefficient (Wildman–Crippen LogP) is 3.79. The summed E-state index contributed by atoms with van der Waals surface area (Å²) in [7, 11) is -3.48. The van der Waals surface area contributed by atoms with E-state index in [1.807, 2.05) is 49.9 Å². The van der Waals surface area contributed by atoms with Gasteiger partial charge in [-0.15, -0.1) is 0 Å². The third kappa shape index (κ3) is 4.65. The van der Waals surface area contributed by atoms with Crippen LogP contribution in [0.15, 0.2) is 45.8 Å². The van der Waals surface area contributed by atoms with E-state index in [4.69, 9.17) is 0 Å². The Morgan fingerprint density at radius 1 is 1.17 bits per heavy atom. The summed E-state index contributed by atoms with van der Waals surface area (Å²) in [5, 5.41) is 2.96. The van der Waals surface area contributed by atoms with E-state index in [0.717, 1.165) is 33.4 Å². The van der Waals surface area contributed by atoms with E-state index in [-0.39, 0.29) is 12.5 Å². The molecule has 0 fully saturated rings. The molecule has 0 bridgehead atoms. The number of aryl methyl sites for hydroxylation is 1. The van der Waals surface area contributed by atoms with Gasteiger partial charge >= 0.3 is 0 Å². The number of hydrogen-bond donors (Lipinski definition) is 1. The standard InChI is InChI=1S/C21H26BrN3O3S/c1-4-25(5-2)29(27,28)18-7-9-20-16(13-18)10-11-24(20)14-21(26)23-19-8-6-17(22)12-15(19)3/h6-9,12-13H,4-5,10-11,14H2,1-3H3,(H,23,26). The van der Waals surface area contributed by atoms with Crippen molar-refractivity contribution in [2.24, 2.45) is 0 Å². The van der Waals surface area contributed by atoms with Crippen molar-refractivity contribution in [2.75, 3.05) is 36.4 Å². The fourth-order valence-corrected chi connectivity index (χ4v) is 5.60. The number of amides is 1. The van der Waals surface area contributed by atoms with Gasteiger partial charge in [0, 0.05) is 35.5 Å². The van der Waals surface area contributed by atoms with Crippen LogP contribution < -0.4 is 10.2 Å². The SMILES string of the molecule is CCN(CC)S(=O)(=O)c1ccc2c(c1)CCN2CC(=O)Nc1ccc(Br)cc1C. The minimum atomic E-state index is -3.48. The molecule has 0 aromatic heterocycles. The second-order valence-corrected chi connectivity index (χ2v) is 9.91. The van der Waals surface area contributed by atoms with Gasteiger partial charge in [-0.2, -0.15) is 4.31 Å². The lowest BCUT2D eigenvalue weighted by molar-refractivity contribution is -0.115. The molecule has 0 radical (unpaired) electrons. The zero-order valence-electron chi connectivity index (χ0n) is 16.9. The van der Waals surface area contributed by atoms with Crippen molar-refractivity contribution in [3.8, 4) is 0 Å². The van der Waals surface area contributed by atoms with E-state index in [1.165, 1.54) is 4.31 Å². The van der Waals surface area contributed by atoms with E-state index < -0.39 is 10.0 Å². The highest BCUT2D eigenvalue weighted by molar-refractivity contribution is 9.10. The Kier molecular flexibility index (Phi) is 6.65. The molecular weight excluding hydrogens is 454 g/mol. The van der Waals surface area contributed by atoms with E-state index >= 15 is 0 Å². The highest BCUT2D eigenvalue weighted by atomic mass is 79.9. The molecule has 2 aromatic carbocycles. The minimum absolute atomic E-state index is 0.0943. The molecule has 156 valence electrons. The van der Waals surface area contributed by atoms with Crippen molar-refractivity contribution >= 4 is 43.2 Å². The number of sulfonamides is 1. The number of fused-ring (bicyclic) bond motifs is 1. The molecule has 0 atom stereocenters. The van der Waals surface area contributed by atoms with Crippen molar-refractivity contribution in [3.05, 3.63) is 52.0 Å². The average Bonchev–Trinajstić information content (AvgIpc) is 3.07. The molecule has 1 aliphatic heterocycles. The molecule has 1 N–H and O–H groups in total. The fraction of sp³-hybridized carbons (Fsp3) is 0.381. The second kappa shape index (κ2) is 8.85. The topological polar surface area (TPSA) is 69.7 Å². The van der Waals surface area contributed by atoms with E-state index in [1.54, 1.807) is 12.1 Å². The van der Waals surface area contributed by atoms with E-state index in [0.29, 0.717) is 24.5 Å². The van der Waals surface area contributed by atoms with Crippen LogP contribution in [0.3, 0.4) is 0 Å². The summed E-state index contributed by atoms with van der Waals surface area (Å²) >= 11 is 3.42. The summed E-state index contributed by atoms with van der Waals surface area (Å²) in [6.45, 7) is 7.42. The van der Waals surface area contributed by atoms with Crippen molar-refractivity contribution in [1.29, 1.82) is 0 Å². The maximum absolute atomic E-state index is 12.8. The molecule has 1 heterocycles. The van der Waals surface area contributed by atoms with Crippen molar-refractivity contribution in [3.63, 3.8) is 0 Å². The molecule has 0 aliphatic carbocycles. The fourth-order valence-electron chi connectivity index (χ4n) is 3.61. The number of carbonyl (C=O) groups is 1. The lowest BCUT2D eigenvalue weighted by atomic mass is 10.2. The van der Waals surface area contributed by atoms with Gasteiger partial charge in [-0.05, 0) is 60.9 Å². The van der Waals surface area contributed by atoms with Gasteiger partial charge in [0.25, 0.3) is 0 Å². The molecule has 0 unspecified atom stereocenters. The van der Waals surface area contributed by atoms with E-state index in [9.17, 15) is 13.2 Å².